The second kappa shape index (κ2) is 7.63. The van der Waals surface area contributed by atoms with Gasteiger partial charge in [-0.2, -0.15) is 4.31 Å². The average molecular weight is 380 g/mol. The minimum absolute atomic E-state index is 0.203. The lowest BCUT2D eigenvalue weighted by molar-refractivity contribution is 0.0951. The first-order valence-electron chi connectivity index (χ1n) is 8.24. The molecule has 6 nitrogen and oxygen atoms in total. The fourth-order valence-electron chi connectivity index (χ4n) is 2.72. The van der Waals surface area contributed by atoms with Gasteiger partial charge in [0.1, 0.15) is 4.21 Å². The van der Waals surface area contributed by atoms with Crippen molar-refractivity contribution in [3.8, 4) is 0 Å². The van der Waals surface area contributed by atoms with E-state index in [1.807, 2.05) is 0 Å². The van der Waals surface area contributed by atoms with Crippen LogP contribution in [-0.4, -0.2) is 36.7 Å². The number of carbonyl (C=O) groups excluding carboxylic acids is 1. The Morgan fingerprint density at radius 3 is 2.60 bits per heavy atom. The zero-order valence-electron chi connectivity index (χ0n) is 14.0. The van der Waals surface area contributed by atoms with E-state index in [0.29, 0.717) is 35.3 Å². The lowest BCUT2D eigenvalue weighted by Gasteiger charge is -2.28. The van der Waals surface area contributed by atoms with Crippen LogP contribution in [0.3, 0.4) is 0 Å². The summed E-state index contributed by atoms with van der Waals surface area (Å²) < 4.78 is 27.3. The number of amides is 1. The van der Waals surface area contributed by atoms with Gasteiger partial charge in [-0.25, -0.2) is 8.42 Å². The van der Waals surface area contributed by atoms with Crippen molar-refractivity contribution in [1.82, 2.24) is 14.6 Å². The van der Waals surface area contributed by atoms with E-state index in [9.17, 15) is 13.2 Å². The molecule has 0 atom stereocenters. The molecule has 2 aromatic rings. The van der Waals surface area contributed by atoms with E-state index in [0.717, 1.165) is 17.7 Å². The number of piperidine rings is 1. The standard InChI is InChI=1S/C17H21N3O3S2/c1-13-6-10-20(11-7-13)25(22,23)16-3-2-15(24-16)12-19-17(21)14-4-8-18-9-5-14/h2-5,8-9,13H,6-7,10-12H2,1H3,(H,19,21). The normalized spacial score (nSPS) is 16.7. The van der Waals surface area contributed by atoms with Crippen molar-refractivity contribution in [2.75, 3.05) is 13.1 Å². The Bertz CT molecular complexity index is 826. The third-order valence-electron chi connectivity index (χ3n) is 4.34. The van der Waals surface area contributed by atoms with Crippen LogP contribution in [0, 0.1) is 5.92 Å². The Morgan fingerprint density at radius 2 is 1.92 bits per heavy atom. The van der Waals surface area contributed by atoms with Crippen molar-refractivity contribution in [3.63, 3.8) is 0 Å². The van der Waals surface area contributed by atoms with Crippen molar-refractivity contribution in [2.45, 2.75) is 30.5 Å². The number of nitrogens with zero attached hydrogens (tertiary/aromatic N) is 2. The van der Waals surface area contributed by atoms with Crippen LogP contribution < -0.4 is 5.32 Å². The molecule has 1 fully saturated rings. The number of carbonyl (C=O) groups is 1. The first kappa shape index (κ1) is 18.0. The summed E-state index contributed by atoms with van der Waals surface area (Å²) in [5.74, 6) is 0.374. The van der Waals surface area contributed by atoms with Crippen molar-refractivity contribution in [1.29, 1.82) is 0 Å². The molecule has 0 aliphatic carbocycles. The molecule has 0 spiro atoms. The summed E-state index contributed by atoms with van der Waals surface area (Å²) in [5, 5.41) is 2.80. The fourth-order valence-corrected chi connectivity index (χ4v) is 5.64. The maximum absolute atomic E-state index is 12.7. The summed E-state index contributed by atoms with van der Waals surface area (Å²) in [6, 6.07) is 6.66. The van der Waals surface area contributed by atoms with E-state index in [4.69, 9.17) is 0 Å². The number of pyridine rings is 1. The Balaban J connectivity index is 1.63. The van der Waals surface area contributed by atoms with E-state index in [2.05, 4.69) is 17.2 Å². The number of aromatic nitrogens is 1. The second-order valence-electron chi connectivity index (χ2n) is 6.23. The predicted octanol–water partition coefficient (Wildman–Crippen LogP) is 2.49. The van der Waals surface area contributed by atoms with E-state index in [1.54, 1.807) is 41.0 Å². The Labute approximate surface area is 151 Å². The molecule has 3 heterocycles. The van der Waals surface area contributed by atoms with Gasteiger partial charge in [0.25, 0.3) is 15.9 Å². The van der Waals surface area contributed by atoms with Crippen LogP contribution in [-0.2, 0) is 16.6 Å². The van der Waals surface area contributed by atoms with E-state index in [-0.39, 0.29) is 5.91 Å². The molecule has 1 aliphatic heterocycles. The van der Waals surface area contributed by atoms with Crippen LogP contribution in [0.2, 0.25) is 0 Å². The molecule has 8 heteroatoms. The van der Waals surface area contributed by atoms with Crippen LogP contribution >= 0.6 is 11.3 Å². The largest absolute Gasteiger partial charge is 0.347 e. The summed E-state index contributed by atoms with van der Waals surface area (Å²) in [5.41, 5.74) is 0.529. The van der Waals surface area contributed by atoms with E-state index in [1.165, 1.54) is 11.3 Å². The maximum atomic E-state index is 12.7. The molecular formula is C17H21N3O3S2. The molecule has 0 saturated carbocycles. The van der Waals surface area contributed by atoms with Gasteiger partial charge in [0.05, 0.1) is 6.54 Å². The molecule has 1 aliphatic rings. The highest BCUT2D eigenvalue weighted by atomic mass is 32.2. The summed E-state index contributed by atoms with van der Waals surface area (Å²) in [7, 11) is -3.42. The smallest absolute Gasteiger partial charge is 0.252 e. The molecular weight excluding hydrogens is 358 g/mol. The zero-order valence-corrected chi connectivity index (χ0v) is 15.6. The first-order chi connectivity index (χ1) is 12.0. The van der Waals surface area contributed by atoms with Gasteiger partial charge in [0, 0.05) is 35.9 Å². The summed E-state index contributed by atoms with van der Waals surface area (Å²) in [6.07, 6.45) is 4.92. The van der Waals surface area contributed by atoms with Gasteiger partial charge in [-0.15, -0.1) is 11.3 Å². The molecule has 3 rings (SSSR count). The van der Waals surface area contributed by atoms with E-state index >= 15 is 0 Å². The van der Waals surface area contributed by atoms with Gasteiger partial charge >= 0.3 is 0 Å². The SMILES string of the molecule is CC1CCN(S(=O)(=O)c2ccc(CNC(=O)c3ccncc3)s2)CC1. The highest BCUT2D eigenvalue weighted by Gasteiger charge is 2.29. The molecule has 0 aromatic carbocycles. The number of rotatable bonds is 5. The molecule has 0 bridgehead atoms. The van der Waals surface area contributed by atoms with Crippen LogP contribution in [0.25, 0.3) is 0 Å². The number of thiophene rings is 1. The Kier molecular flexibility index (Phi) is 5.51. The van der Waals surface area contributed by atoms with Crippen LogP contribution in [0.1, 0.15) is 35.0 Å². The molecule has 2 aromatic heterocycles. The third-order valence-corrected chi connectivity index (χ3v) is 7.79. The number of nitrogens with one attached hydrogen (secondary N) is 1. The maximum Gasteiger partial charge on any atom is 0.252 e. The van der Waals surface area contributed by atoms with E-state index < -0.39 is 10.0 Å². The van der Waals surface area contributed by atoms with Crippen LogP contribution in [0.5, 0.6) is 0 Å². The molecule has 0 radical (unpaired) electrons. The van der Waals surface area contributed by atoms with Gasteiger partial charge in [-0.3, -0.25) is 9.78 Å². The first-order valence-corrected chi connectivity index (χ1v) is 10.5. The number of hydrogen-bond donors (Lipinski definition) is 1. The van der Waals surface area contributed by atoms with Crippen LogP contribution in [0.15, 0.2) is 40.9 Å². The van der Waals surface area contributed by atoms with Crippen molar-refractivity contribution in [3.05, 3.63) is 47.1 Å². The number of sulfonamides is 1. The predicted molar refractivity (Wildman–Crippen MR) is 96.9 cm³/mol. The average Bonchev–Trinajstić information content (AvgIpc) is 3.11. The molecule has 1 saturated heterocycles. The highest BCUT2D eigenvalue weighted by Crippen LogP contribution is 2.28. The summed E-state index contributed by atoms with van der Waals surface area (Å²) >= 11 is 1.21. The van der Waals surface area contributed by atoms with Gasteiger partial charge in [-0.1, -0.05) is 6.92 Å². The van der Waals surface area contributed by atoms with Gasteiger partial charge in [0.15, 0.2) is 0 Å². The third kappa shape index (κ3) is 4.26. The molecule has 134 valence electrons. The monoisotopic (exact) mass is 379 g/mol. The lowest BCUT2D eigenvalue weighted by Crippen LogP contribution is -2.37. The summed E-state index contributed by atoms with van der Waals surface area (Å²) in [4.78, 5) is 16.7. The number of hydrogen-bond acceptors (Lipinski definition) is 5. The van der Waals surface area contributed by atoms with Crippen molar-refractivity contribution in [2.24, 2.45) is 5.92 Å². The lowest BCUT2D eigenvalue weighted by atomic mass is 10.0. The summed E-state index contributed by atoms with van der Waals surface area (Å²) in [6.45, 7) is 3.61. The molecule has 0 unspecified atom stereocenters. The second-order valence-corrected chi connectivity index (χ2v) is 9.56. The fraction of sp³-hybridized carbons (Fsp3) is 0.412. The molecule has 25 heavy (non-hydrogen) atoms. The van der Waals surface area contributed by atoms with Gasteiger partial charge in [-0.05, 0) is 43.0 Å². The Morgan fingerprint density at radius 1 is 1.24 bits per heavy atom. The minimum atomic E-state index is -3.42. The van der Waals surface area contributed by atoms with Crippen molar-refractivity contribution >= 4 is 27.3 Å². The Hall–Kier alpha value is -1.77. The minimum Gasteiger partial charge on any atom is -0.347 e. The topological polar surface area (TPSA) is 79.4 Å². The highest BCUT2D eigenvalue weighted by molar-refractivity contribution is 7.91. The van der Waals surface area contributed by atoms with Crippen LogP contribution in [0.4, 0.5) is 0 Å². The molecule has 1 N–H and O–H groups in total. The van der Waals surface area contributed by atoms with Crippen molar-refractivity contribution < 1.29 is 13.2 Å². The quantitative estimate of drug-likeness (QED) is 0.866. The van der Waals surface area contributed by atoms with Gasteiger partial charge < -0.3 is 5.32 Å². The van der Waals surface area contributed by atoms with Gasteiger partial charge in [0.2, 0.25) is 0 Å². The molecule has 1 amide bonds. The zero-order chi connectivity index (χ0) is 17.9.